The molecule has 4 nitrogen and oxygen atoms in total. The number of carbonyl (C=O) groups is 2. The monoisotopic (exact) mass is 376 g/mol. The van der Waals surface area contributed by atoms with Crippen molar-refractivity contribution in [2.24, 2.45) is 0 Å². The van der Waals surface area contributed by atoms with Gasteiger partial charge in [-0.2, -0.15) is 0 Å². The zero-order valence-corrected chi connectivity index (χ0v) is 14.8. The molecule has 0 saturated carbocycles. The molecule has 0 aromatic heterocycles. The lowest BCUT2D eigenvalue weighted by Crippen LogP contribution is -2.29. The van der Waals surface area contributed by atoms with Crippen molar-refractivity contribution in [2.45, 2.75) is 31.3 Å². The Hall–Kier alpha value is -2.04. The van der Waals surface area contributed by atoms with Crippen molar-refractivity contribution in [3.05, 3.63) is 62.6 Å². The third kappa shape index (κ3) is 2.21. The number of aliphatic carboxylic acids is 1. The molecule has 2 aromatic carbocycles. The van der Waals surface area contributed by atoms with Crippen LogP contribution in [0.1, 0.15) is 34.0 Å². The predicted molar refractivity (Wildman–Crippen MR) is 94.0 cm³/mol. The molecule has 25 heavy (non-hydrogen) atoms. The van der Waals surface area contributed by atoms with Crippen molar-refractivity contribution < 1.29 is 19.4 Å². The Bertz CT molecular complexity index is 923. The van der Waals surface area contributed by atoms with E-state index in [0.29, 0.717) is 23.3 Å². The average molecular weight is 377 g/mol. The first-order valence-electron chi connectivity index (χ1n) is 7.87. The van der Waals surface area contributed by atoms with Crippen LogP contribution in [-0.4, -0.2) is 23.0 Å². The molecule has 0 amide bonds. The number of carboxylic acid groups (broad SMARTS) is 1. The molecule has 2 aliphatic rings. The van der Waals surface area contributed by atoms with Crippen LogP contribution in [0.3, 0.4) is 0 Å². The fourth-order valence-corrected chi connectivity index (χ4v) is 4.33. The van der Waals surface area contributed by atoms with Gasteiger partial charge < -0.3 is 9.84 Å². The molecular formula is C19H14Cl2O4. The van der Waals surface area contributed by atoms with E-state index in [1.54, 1.807) is 0 Å². The number of ketones is 1. The van der Waals surface area contributed by atoms with Crippen molar-refractivity contribution in [1.29, 1.82) is 0 Å². The molecule has 2 aromatic rings. The second-order valence-electron chi connectivity index (χ2n) is 6.64. The Morgan fingerprint density at radius 1 is 1.20 bits per heavy atom. The molecule has 1 aliphatic carbocycles. The minimum atomic E-state index is -1.06. The second kappa shape index (κ2) is 5.48. The van der Waals surface area contributed by atoms with Gasteiger partial charge in [-0.05, 0) is 24.5 Å². The highest BCUT2D eigenvalue weighted by atomic mass is 35.5. The summed E-state index contributed by atoms with van der Waals surface area (Å²) in [6.45, 7) is 1.88. The number of carbonyl (C=O) groups excluding carboxylic acids is 1. The van der Waals surface area contributed by atoms with Crippen molar-refractivity contribution >= 4 is 35.0 Å². The van der Waals surface area contributed by atoms with Gasteiger partial charge in [0.1, 0.15) is 10.8 Å². The molecule has 2 atom stereocenters. The van der Waals surface area contributed by atoms with Gasteiger partial charge in [-0.1, -0.05) is 53.5 Å². The van der Waals surface area contributed by atoms with E-state index in [-0.39, 0.29) is 22.2 Å². The molecule has 6 heteroatoms. The number of fused-ring (bicyclic) bond motifs is 3. The van der Waals surface area contributed by atoms with E-state index >= 15 is 0 Å². The predicted octanol–water partition coefficient (Wildman–Crippen LogP) is 4.08. The number of hydrogen-bond acceptors (Lipinski definition) is 3. The van der Waals surface area contributed by atoms with Crippen molar-refractivity contribution in [3.63, 3.8) is 0 Å². The van der Waals surface area contributed by atoms with Gasteiger partial charge >= 0.3 is 5.97 Å². The summed E-state index contributed by atoms with van der Waals surface area (Å²) in [4.78, 5) is 24.5. The molecule has 0 fully saturated rings. The molecule has 0 saturated heterocycles. The second-order valence-corrected chi connectivity index (χ2v) is 7.40. The lowest BCUT2D eigenvalue weighted by molar-refractivity contribution is -0.144. The van der Waals surface area contributed by atoms with Gasteiger partial charge in [0.25, 0.3) is 0 Å². The first-order valence-corrected chi connectivity index (χ1v) is 8.62. The number of carboxylic acids is 1. The highest BCUT2D eigenvalue weighted by molar-refractivity contribution is 6.45. The van der Waals surface area contributed by atoms with Crippen LogP contribution in [0.4, 0.5) is 0 Å². The lowest BCUT2D eigenvalue weighted by Gasteiger charge is -2.22. The van der Waals surface area contributed by atoms with E-state index in [0.717, 1.165) is 11.1 Å². The van der Waals surface area contributed by atoms with E-state index in [9.17, 15) is 14.7 Å². The lowest BCUT2D eigenvalue weighted by atomic mass is 9.79. The maximum Gasteiger partial charge on any atom is 0.345 e. The van der Waals surface area contributed by atoms with E-state index in [4.69, 9.17) is 27.9 Å². The number of hydrogen-bond donors (Lipinski definition) is 1. The number of ether oxygens (including phenoxy) is 1. The highest BCUT2D eigenvalue weighted by Crippen LogP contribution is 2.51. The fraction of sp³-hybridized carbons (Fsp3) is 0.263. The number of halogens is 2. The van der Waals surface area contributed by atoms with Crippen LogP contribution >= 0.6 is 23.2 Å². The molecule has 4 rings (SSSR count). The van der Waals surface area contributed by atoms with Crippen molar-refractivity contribution in [3.8, 4) is 5.75 Å². The summed E-state index contributed by atoms with van der Waals surface area (Å²) < 4.78 is 5.49. The number of Topliss-reactive ketones (excluding diaryl/α,β-unsaturated/α-hetero) is 1. The van der Waals surface area contributed by atoms with E-state index in [2.05, 4.69) is 0 Å². The van der Waals surface area contributed by atoms with Crippen LogP contribution in [0.5, 0.6) is 5.75 Å². The summed E-state index contributed by atoms with van der Waals surface area (Å²) >= 11 is 12.7. The quantitative estimate of drug-likeness (QED) is 0.857. The minimum Gasteiger partial charge on any atom is -0.478 e. The molecule has 1 N–H and O–H groups in total. The summed E-state index contributed by atoms with van der Waals surface area (Å²) in [5, 5.41) is 9.52. The molecule has 1 heterocycles. The summed E-state index contributed by atoms with van der Waals surface area (Å²) in [7, 11) is 0. The van der Waals surface area contributed by atoms with Crippen LogP contribution in [0.2, 0.25) is 10.0 Å². The SMILES string of the molecule is CC1(c2ccccc2)Cc2c3c(c(Cl)c(Cl)c2C1=O)OC(C(=O)O)C3. The Morgan fingerprint density at radius 3 is 2.52 bits per heavy atom. The Kier molecular flexibility index (Phi) is 3.60. The first-order chi connectivity index (χ1) is 11.8. The van der Waals surface area contributed by atoms with Gasteiger partial charge in [-0.25, -0.2) is 4.79 Å². The minimum absolute atomic E-state index is 0.0952. The highest BCUT2D eigenvalue weighted by Gasteiger charge is 2.48. The molecule has 0 bridgehead atoms. The molecular weight excluding hydrogens is 363 g/mol. The average Bonchev–Trinajstić information content (AvgIpc) is 3.15. The maximum atomic E-state index is 13.2. The Morgan fingerprint density at radius 2 is 1.88 bits per heavy atom. The number of benzene rings is 2. The zero-order chi connectivity index (χ0) is 17.9. The first kappa shape index (κ1) is 16.4. The van der Waals surface area contributed by atoms with Gasteiger partial charge in [-0.15, -0.1) is 0 Å². The summed E-state index contributed by atoms with van der Waals surface area (Å²) in [6.07, 6.45) is -0.379. The van der Waals surface area contributed by atoms with Crippen LogP contribution in [0, 0.1) is 0 Å². The Balaban J connectivity index is 1.90. The summed E-state index contributed by atoms with van der Waals surface area (Å²) in [5.74, 6) is -0.864. The maximum absolute atomic E-state index is 13.2. The molecule has 1 aliphatic heterocycles. The van der Waals surface area contributed by atoms with Crippen LogP contribution in [0.15, 0.2) is 30.3 Å². The van der Waals surface area contributed by atoms with Crippen LogP contribution in [-0.2, 0) is 23.1 Å². The standard InChI is InChI=1S/C19H14Cl2O4/c1-19(9-5-3-2-4-6-9)8-11-10-7-12(18(23)24)25-16(10)15(21)14(20)13(11)17(19)22/h2-6,12H,7-8H2,1H3,(H,23,24). The van der Waals surface area contributed by atoms with Crippen LogP contribution in [0.25, 0.3) is 0 Å². The molecule has 2 unspecified atom stereocenters. The topological polar surface area (TPSA) is 63.6 Å². The largest absolute Gasteiger partial charge is 0.478 e. The van der Waals surface area contributed by atoms with E-state index in [1.165, 1.54) is 0 Å². The van der Waals surface area contributed by atoms with Gasteiger partial charge in [0, 0.05) is 17.5 Å². The normalized spacial score (nSPS) is 24.0. The third-order valence-electron chi connectivity index (χ3n) is 5.15. The van der Waals surface area contributed by atoms with E-state index in [1.807, 2.05) is 37.3 Å². The van der Waals surface area contributed by atoms with E-state index < -0.39 is 17.5 Å². The summed E-state index contributed by atoms with van der Waals surface area (Å²) in [5.41, 5.74) is 1.97. The molecule has 0 spiro atoms. The van der Waals surface area contributed by atoms with Crippen LogP contribution < -0.4 is 4.74 Å². The van der Waals surface area contributed by atoms with Crippen molar-refractivity contribution in [2.75, 3.05) is 0 Å². The smallest absolute Gasteiger partial charge is 0.345 e. The Labute approximate surface area is 154 Å². The summed E-state index contributed by atoms with van der Waals surface area (Å²) in [6, 6.07) is 9.50. The van der Waals surface area contributed by atoms with Crippen molar-refractivity contribution in [1.82, 2.24) is 0 Å². The van der Waals surface area contributed by atoms with Gasteiger partial charge in [0.15, 0.2) is 11.9 Å². The zero-order valence-electron chi connectivity index (χ0n) is 13.3. The number of rotatable bonds is 2. The van der Waals surface area contributed by atoms with Gasteiger partial charge in [-0.3, -0.25) is 4.79 Å². The fourth-order valence-electron chi connectivity index (χ4n) is 3.79. The molecule has 128 valence electrons. The van der Waals surface area contributed by atoms with Gasteiger partial charge in [0.2, 0.25) is 0 Å². The molecule has 0 radical (unpaired) electrons. The van der Waals surface area contributed by atoms with Gasteiger partial charge in [0.05, 0.1) is 10.4 Å². The third-order valence-corrected chi connectivity index (χ3v) is 5.98.